The maximum atomic E-state index is 12.9. The fourth-order valence-corrected chi connectivity index (χ4v) is 1.69. The maximum Gasteiger partial charge on any atom is 0.128 e. The Hall–Kier alpha value is -1.68. The van der Waals surface area contributed by atoms with Crippen LogP contribution in [0.1, 0.15) is 5.82 Å². The minimum absolute atomic E-state index is 0.303. The van der Waals surface area contributed by atoms with E-state index in [-0.39, 0.29) is 5.82 Å². The van der Waals surface area contributed by atoms with Crippen LogP contribution < -0.4 is 5.73 Å². The molecule has 16 heavy (non-hydrogen) atoms. The molecule has 82 valence electrons. The summed E-state index contributed by atoms with van der Waals surface area (Å²) in [5, 5.41) is 0.303. The lowest BCUT2D eigenvalue weighted by molar-refractivity contribution is 0.628. The number of nitrogen functional groups attached to an aromatic ring is 1. The molecule has 0 spiro atoms. The quantitative estimate of drug-likeness (QED) is 0.830. The molecule has 0 aliphatic rings. The van der Waals surface area contributed by atoms with Gasteiger partial charge in [-0.3, -0.25) is 0 Å². The zero-order chi connectivity index (χ0) is 11.7. The third kappa shape index (κ3) is 2.12. The molecule has 2 aromatic rings. The van der Waals surface area contributed by atoms with Crippen LogP contribution in [-0.4, -0.2) is 9.97 Å². The molecule has 1 heterocycles. The van der Waals surface area contributed by atoms with Crippen molar-refractivity contribution in [1.29, 1.82) is 0 Å². The minimum atomic E-state index is -0.382. The van der Waals surface area contributed by atoms with E-state index in [4.69, 9.17) is 17.3 Å². The number of anilines is 1. The van der Waals surface area contributed by atoms with Crippen LogP contribution in [0.15, 0.2) is 24.3 Å². The van der Waals surface area contributed by atoms with E-state index < -0.39 is 0 Å². The number of aromatic nitrogens is 2. The first-order valence-corrected chi connectivity index (χ1v) is 5.00. The number of aryl methyl sites for hydroxylation is 1. The summed E-state index contributed by atoms with van der Waals surface area (Å²) in [6, 6.07) is 5.74. The normalized spacial score (nSPS) is 10.4. The molecule has 0 fully saturated rings. The zero-order valence-electron chi connectivity index (χ0n) is 8.54. The summed E-state index contributed by atoms with van der Waals surface area (Å²) >= 11 is 5.93. The van der Waals surface area contributed by atoms with Crippen molar-refractivity contribution in [3.05, 3.63) is 40.9 Å². The summed E-state index contributed by atoms with van der Waals surface area (Å²) in [4.78, 5) is 8.15. The molecule has 0 aliphatic heterocycles. The van der Waals surface area contributed by atoms with E-state index in [2.05, 4.69) is 9.97 Å². The van der Waals surface area contributed by atoms with E-state index in [1.165, 1.54) is 12.1 Å². The topological polar surface area (TPSA) is 51.8 Å². The standard InChI is InChI=1S/C11H9ClFN3/c1-6-15-10(5-11(14)16-6)8-3-2-7(13)4-9(8)12/h2-5H,1H3,(H2,14,15,16). The van der Waals surface area contributed by atoms with Gasteiger partial charge >= 0.3 is 0 Å². The first-order valence-electron chi connectivity index (χ1n) is 4.63. The van der Waals surface area contributed by atoms with E-state index >= 15 is 0 Å². The molecule has 2 N–H and O–H groups in total. The van der Waals surface area contributed by atoms with Gasteiger partial charge in [0.1, 0.15) is 17.5 Å². The molecular weight excluding hydrogens is 229 g/mol. The summed E-state index contributed by atoms with van der Waals surface area (Å²) < 4.78 is 12.9. The molecule has 3 nitrogen and oxygen atoms in total. The Labute approximate surface area is 97.1 Å². The van der Waals surface area contributed by atoms with Gasteiger partial charge in [-0.25, -0.2) is 14.4 Å². The predicted molar refractivity (Wildman–Crippen MR) is 61.6 cm³/mol. The highest BCUT2D eigenvalue weighted by Crippen LogP contribution is 2.27. The predicted octanol–water partition coefficient (Wildman–Crippen LogP) is 2.83. The second-order valence-corrected chi connectivity index (χ2v) is 3.76. The van der Waals surface area contributed by atoms with Gasteiger partial charge in [-0.2, -0.15) is 0 Å². The van der Waals surface area contributed by atoms with Crippen LogP contribution in [0.3, 0.4) is 0 Å². The summed E-state index contributed by atoms with van der Waals surface area (Å²) in [7, 11) is 0. The van der Waals surface area contributed by atoms with Gasteiger partial charge < -0.3 is 5.73 Å². The van der Waals surface area contributed by atoms with Crippen molar-refractivity contribution >= 4 is 17.4 Å². The molecule has 0 saturated heterocycles. The van der Waals surface area contributed by atoms with Crippen molar-refractivity contribution in [2.75, 3.05) is 5.73 Å². The molecule has 2 rings (SSSR count). The van der Waals surface area contributed by atoms with Crippen molar-refractivity contribution in [1.82, 2.24) is 9.97 Å². The third-order valence-corrected chi connectivity index (χ3v) is 2.38. The van der Waals surface area contributed by atoms with E-state index in [9.17, 15) is 4.39 Å². The van der Waals surface area contributed by atoms with Crippen LogP contribution in [0.5, 0.6) is 0 Å². The highest BCUT2D eigenvalue weighted by molar-refractivity contribution is 6.33. The fraction of sp³-hybridized carbons (Fsp3) is 0.0909. The summed E-state index contributed by atoms with van der Waals surface area (Å²) in [5.74, 6) is 0.533. The van der Waals surface area contributed by atoms with Crippen molar-refractivity contribution in [3.8, 4) is 11.3 Å². The van der Waals surface area contributed by atoms with E-state index in [1.54, 1.807) is 19.1 Å². The molecule has 0 aliphatic carbocycles. The van der Waals surface area contributed by atoms with E-state index in [0.29, 0.717) is 27.9 Å². The van der Waals surface area contributed by atoms with Crippen LogP contribution >= 0.6 is 11.6 Å². The number of hydrogen-bond donors (Lipinski definition) is 1. The highest BCUT2D eigenvalue weighted by Gasteiger charge is 2.07. The second-order valence-electron chi connectivity index (χ2n) is 3.35. The lowest BCUT2D eigenvalue weighted by Gasteiger charge is -2.05. The van der Waals surface area contributed by atoms with Crippen LogP contribution in [0, 0.1) is 12.7 Å². The van der Waals surface area contributed by atoms with Gasteiger partial charge in [0.05, 0.1) is 10.7 Å². The van der Waals surface area contributed by atoms with Gasteiger partial charge in [0, 0.05) is 11.6 Å². The van der Waals surface area contributed by atoms with E-state index in [0.717, 1.165) is 0 Å². The van der Waals surface area contributed by atoms with Crippen molar-refractivity contribution in [2.24, 2.45) is 0 Å². The minimum Gasteiger partial charge on any atom is -0.384 e. The van der Waals surface area contributed by atoms with E-state index in [1.807, 2.05) is 0 Å². The molecule has 0 unspecified atom stereocenters. The molecule has 1 aromatic heterocycles. The Morgan fingerprint density at radius 1 is 1.25 bits per heavy atom. The highest BCUT2D eigenvalue weighted by atomic mass is 35.5. The Kier molecular flexibility index (Phi) is 2.75. The molecular formula is C11H9ClFN3. The summed E-state index contributed by atoms with van der Waals surface area (Å²) in [5.41, 5.74) is 6.84. The fourth-order valence-electron chi connectivity index (χ4n) is 1.43. The van der Waals surface area contributed by atoms with Gasteiger partial charge in [0.15, 0.2) is 0 Å². The summed E-state index contributed by atoms with van der Waals surface area (Å²) in [6.07, 6.45) is 0. The van der Waals surface area contributed by atoms with Gasteiger partial charge in [-0.15, -0.1) is 0 Å². The molecule has 1 aromatic carbocycles. The summed E-state index contributed by atoms with van der Waals surface area (Å²) in [6.45, 7) is 1.73. The SMILES string of the molecule is Cc1nc(N)cc(-c2ccc(F)cc2Cl)n1. The van der Waals surface area contributed by atoms with Gasteiger partial charge in [-0.1, -0.05) is 11.6 Å². The Morgan fingerprint density at radius 3 is 2.62 bits per heavy atom. The van der Waals surface area contributed by atoms with Crippen LogP contribution in [0.2, 0.25) is 5.02 Å². The second kappa shape index (κ2) is 4.06. The number of halogens is 2. The Bertz CT molecular complexity index is 522. The molecule has 0 radical (unpaired) electrons. The lowest BCUT2D eigenvalue weighted by atomic mass is 10.1. The maximum absolute atomic E-state index is 12.9. The van der Waals surface area contributed by atoms with Gasteiger partial charge in [0.25, 0.3) is 0 Å². The Morgan fingerprint density at radius 2 is 2.00 bits per heavy atom. The smallest absolute Gasteiger partial charge is 0.128 e. The number of hydrogen-bond acceptors (Lipinski definition) is 3. The van der Waals surface area contributed by atoms with Crippen molar-refractivity contribution in [2.45, 2.75) is 6.92 Å². The molecule has 0 atom stereocenters. The zero-order valence-corrected chi connectivity index (χ0v) is 9.29. The first-order chi connectivity index (χ1) is 7.56. The molecule has 0 saturated carbocycles. The van der Waals surface area contributed by atoms with Crippen molar-refractivity contribution < 1.29 is 4.39 Å². The van der Waals surface area contributed by atoms with Gasteiger partial charge in [0.2, 0.25) is 0 Å². The number of nitrogens with zero attached hydrogens (tertiary/aromatic N) is 2. The average Bonchev–Trinajstić information content (AvgIpc) is 2.15. The molecule has 5 heteroatoms. The Balaban J connectivity index is 2.58. The van der Waals surface area contributed by atoms with Gasteiger partial charge in [-0.05, 0) is 25.1 Å². The van der Waals surface area contributed by atoms with Crippen LogP contribution in [0.25, 0.3) is 11.3 Å². The van der Waals surface area contributed by atoms with Crippen LogP contribution in [0.4, 0.5) is 10.2 Å². The monoisotopic (exact) mass is 237 g/mol. The first kappa shape index (κ1) is 10.8. The molecule has 0 amide bonds. The lowest BCUT2D eigenvalue weighted by Crippen LogP contribution is -1.97. The number of nitrogens with two attached hydrogens (primary N) is 1. The number of rotatable bonds is 1. The van der Waals surface area contributed by atoms with Crippen molar-refractivity contribution in [3.63, 3.8) is 0 Å². The average molecular weight is 238 g/mol. The number of benzene rings is 1. The molecule has 0 bridgehead atoms. The largest absolute Gasteiger partial charge is 0.384 e. The third-order valence-electron chi connectivity index (χ3n) is 2.06. The van der Waals surface area contributed by atoms with Crippen LogP contribution in [-0.2, 0) is 0 Å².